The van der Waals surface area contributed by atoms with Crippen molar-refractivity contribution in [1.82, 2.24) is 9.55 Å². The Morgan fingerprint density at radius 2 is 1.93 bits per heavy atom. The van der Waals surface area contributed by atoms with E-state index >= 15 is 0 Å². The minimum Gasteiger partial charge on any atom is -0.491 e. The summed E-state index contributed by atoms with van der Waals surface area (Å²) in [5, 5.41) is 2.85. The van der Waals surface area contributed by atoms with Crippen molar-refractivity contribution in [2.75, 3.05) is 5.32 Å². The minimum atomic E-state index is -0.377. The van der Waals surface area contributed by atoms with E-state index in [1.54, 1.807) is 29.1 Å². The number of aromatic nitrogens is 2. The molecule has 2 heterocycles. The number of rotatable bonds is 4. The number of hydrogen-bond donors (Lipinski definition) is 1. The number of hydrogen-bond acceptors (Lipinski definition) is 3. The average Bonchev–Trinajstić information content (AvgIpc) is 3.05. The van der Waals surface area contributed by atoms with Crippen LogP contribution in [0.3, 0.4) is 0 Å². The van der Waals surface area contributed by atoms with E-state index in [0.29, 0.717) is 17.2 Å². The molecule has 27 heavy (non-hydrogen) atoms. The Bertz CT molecular complexity index is 997. The number of ether oxygens (including phenoxy) is 1. The van der Waals surface area contributed by atoms with Crippen LogP contribution in [-0.2, 0) is 4.79 Å². The highest BCUT2D eigenvalue weighted by Crippen LogP contribution is 2.41. The maximum atomic E-state index is 14.3. The highest BCUT2D eigenvalue weighted by Gasteiger charge is 2.33. The molecule has 1 aliphatic heterocycles. The predicted molar refractivity (Wildman–Crippen MR) is 101 cm³/mol. The van der Waals surface area contributed by atoms with Crippen LogP contribution in [0.15, 0.2) is 54.9 Å². The number of carbonyl (C=O) groups is 1. The van der Waals surface area contributed by atoms with Gasteiger partial charge in [0.15, 0.2) is 0 Å². The summed E-state index contributed by atoms with van der Waals surface area (Å²) in [6.07, 6.45) is 1.83. The molecule has 2 aromatic carbocycles. The van der Waals surface area contributed by atoms with E-state index in [4.69, 9.17) is 4.74 Å². The van der Waals surface area contributed by atoms with Gasteiger partial charge >= 0.3 is 0 Å². The van der Waals surface area contributed by atoms with E-state index in [1.165, 1.54) is 6.07 Å². The topological polar surface area (TPSA) is 56.1 Å². The quantitative estimate of drug-likeness (QED) is 0.751. The molecule has 0 spiro atoms. The fraction of sp³-hybridized carbons (Fsp3) is 0.238. The number of benzene rings is 2. The molecular weight excluding hydrogens is 345 g/mol. The van der Waals surface area contributed by atoms with Crippen LogP contribution in [-0.4, -0.2) is 21.6 Å². The summed E-state index contributed by atoms with van der Waals surface area (Å²) in [6, 6.07) is 14.1. The number of fused-ring (bicyclic) bond motifs is 1. The van der Waals surface area contributed by atoms with Crippen molar-refractivity contribution in [3.05, 3.63) is 71.9 Å². The molecule has 1 aromatic heterocycles. The zero-order valence-corrected chi connectivity index (χ0v) is 15.1. The van der Waals surface area contributed by atoms with Crippen molar-refractivity contribution >= 4 is 11.7 Å². The van der Waals surface area contributed by atoms with Crippen molar-refractivity contribution in [1.29, 1.82) is 0 Å². The largest absolute Gasteiger partial charge is 0.491 e. The normalized spacial score (nSPS) is 16.1. The Labute approximate surface area is 156 Å². The maximum Gasteiger partial charge on any atom is 0.226 e. The van der Waals surface area contributed by atoms with Gasteiger partial charge in [0.25, 0.3) is 0 Å². The van der Waals surface area contributed by atoms with E-state index in [0.717, 1.165) is 11.3 Å². The summed E-state index contributed by atoms with van der Waals surface area (Å²) in [5.41, 5.74) is 1.96. The number of halogens is 1. The van der Waals surface area contributed by atoms with Gasteiger partial charge in [-0.25, -0.2) is 9.37 Å². The van der Waals surface area contributed by atoms with Gasteiger partial charge < -0.3 is 10.1 Å². The molecule has 6 heteroatoms. The highest BCUT2D eigenvalue weighted by atomic mass is 19.1. The molecule has 0 saturated heterocycles. The molecule has 0 saturated carbocycles. The molecular formula is C21H20FN3O2. The van der Waals surface area contributed by atoms with Gasteiger partial charge in [0.2, 0.25) is 5.91 Å². The summed E-state index contributed by atoms with van der Waals surface area (Å²) < 4.78 is 21.8. The molecule has 0 fully saturated rings. The molecule has 1 amide bonds. The lowest BCUT2D eigenvalue weighted by molar-refractivity contribution is -0.116. The van der Waals surface area contributed by atoms with Crippen molar-refractivity contribution in [2.45, 2.75) is 32.3 Å². The number of amides is 1. The van der Waals surface area contributed by atoms with Gasteiger partial charge in [-0.15, -0.1) is 0 Å². The fourth-order valence-electron chi connectivity index (χ4n) is 3.42. The van der Waals surface area contributed by atoms with Crippen LogP contribution in [0.25, 0.3) is 5.69 Å². The first-order valence-electron chi connectivity index (χ1n) is 8.92. The standard InChI is InChI=1S/C21H20FN3O2/c1-13(2)27-18-10-6-3-7-14(18)15-11-19(26)24-21-20(15)23-12-25(21)17-9-5-4-8-16(17)22/h3-10,12-13,15H,11H2,1-2H3,(H,24,26). The van der Waals surface area contributed by atoms with Gasteiger partial charge in [0, 0.05) is 17.9 Å². The van der Waals surface area contributed by atoms with Crippen LogP contribution < -0.4 is 10.1 Å². The predicted octanol–water partition coefficient (Wildman–Crippen LogP) is 4.27. The monoisotopic (exact) mass is 365 g/mol. The molecule has 1 aliphatic rings. The van der Waals surface area contributed by atoms with E-state index in [1.807, 2.05) is 38.1 Å². The Morgan fingerprint density at radius 3 is 2.70 bits per heavy atom. The second kappa shape index (κ2) is 6.87. The summed E-state index contributed by atoms with van der Waals surface area (Å²) in [6.45, 7) is 3.92. The first-order chi connectivity index (χ1) is 13.0. The Kier molecular flexibility index (Phi) is 4.39. The van der Waals surface area contributed by atoms with Crippen molar-refractivity contribution in [3.63, 3.8) is 0 Å². The minimum absolute atomic E-state index is 0.0130. The van der Waals surface area contributed by atoms with Crippen LogP contribution in [0, 0.1) is 5.82 Å². The second-order valence-electron chi connectivity index (χ2n) is 6.81. The SMILES string of the molecule is CC(C)Oc1ccccc1C1CC(=O)Nc2c1ncn2-c1ccccc1F. The smallest absolute Gasteiger partial charge is 0.226 e. The first kappa shape index (κ1) is 17.3. The third-order valence-electron chi connectivity index (χ3n) is 4.54. The zero-order valence-electron chi connectivity index (χ0n) is 15.1. The lowest BCUT2D eigenvalue weighted by atomic mass is 9.89. The lowest BCUT2D eigenvalue weighted by Crippen LogP contribution is -2.25. The Hall–Kier alpha value is -3.15. The molecule has 0 radical (unpaired) electrons. The van der Waals surface area contributed by atoms with Crippen molar-refractivity contribution < 1.29 is 13.9 Å². The van der Waals surface area contributed by atoms with Crippen LogP contribution in [0.5, 0.6) is 5.75 Å². The lowest BCUT2D eigenvalue weighted by Gasteiger charge is -2.25. The molecule has 138 valence electrons. The van der Waals surface area contributed by atoms with Gasteiger partial charge in [-0.3, -0.25) is 9.36 Å². The van der Waals surface area contributed by atoms with Gasteiger partial charge in [-0.2, -0.15) is 0 Å². The molecule has 1 unspecified atom stereocenters. The van der Waals surface area contributed by atoms with E-state index < -0.39 is 0 Å². The molecule has 5 nitrogen and oxygen atoms in total. The number of para-hydroxylation sites is 2. The number of carbonyl (C=O) groups excluding carboxylic acids is 1. The van der Waals surface area contributed by atoms with E-state index in [9.17, 15) is 9.18 Å². The Morgan fingerprint density at radius 1 is 1.19 bits per heavy atom. The zero-order chi connectivity index (χ0) is 19.0. The number of nitrogens with one attached hydrogen (secondary N) is 1. The van der Waals surface area contributed by atoms with Gasteiger partial charge in [-0.1, -0.05) is 30.3 Å². The molecule has 0 bridgehead atoms. The van der Waals surface area contributed by atoms with E-state index in [-0.39, 0.29) is 30.2 Å². The third-order valence-corrected chi connectivity index (χ3v) is 4.54. The van der Waals surface area contributed by atoms with Gasteiger partial charge in [-0.05, 0) is 32.0 Å². The summed E-state index contributed by atoms with van der Waals surface area (Å²) in [5.74, 6) is 0.471. The summed E-state index contributed by atoms with van der Waals surface area (Å²) in [4.78, 5) is 16.9. The maximum absolute atomic E-state index is 14.3. The van der Waals surface area contributed by atoms with E-state index in [2.05, 4.69) is 10.3 Å². The number of anilines is 1. The van der Waals surface area contributed by atoms with Crippen LogP contribution in [0.2, 0.25) is 0 Å². The molecule has 1 N–H and O–H groups in total. The van der Waals surface area contributed by atoms with Crippen LogP contribution in [0.4, 0.5) is 10.2 Å². The fourth-order valence-corrected chi connectivity index (χ4v) is 3.42. The van der Waals surface area contributed by atoms with Crippen LogP contribution in [0.1, 0.15) is 37.4 Å². The molecule has 3 aromatic rings. The average molecular weight is 365 g/mol. The van der Waals surface area contributed by atoms with Crippen molar-refractivity contribution in [3.8, 4) is 11.4 Å². The summed E-state index contributed by atoms with van der Waals surface area (Å²) in [7, 11) is 0. The number of imidazole rings is 1. The number of nitrogens with zero attached hydrogens (tertiary/aromatic N) is 2. The van der Waals surface area contributed by atoms with Crippen molar-refractivity contribution in [2.24, 2.45) is 0 Å². The third kappa shape index (κ3) is 3.18. The second-order valence-corrected chi connectivity index (χ2v) is 6.81. The van der Waals surface area contributed by atoms with Gasteiger partial charge in [0.1, 0.15) is 23.7 Å². The first-order valence-corrected chi connectivity index (χ1v) is 8.92. The molecule has 1 atom stereocenters. The summed E-state index contributed by atoms with van der Waals surface area (Å²) >= 11 is 0. The Balaban J connectivity index is 1.82. The van der Waals surface area contributed by atoms with Gasteiger partial charge in [0.05, 0.1) is 17.5 Å². The van der Waals surface area contributed by atoms with Crippen LogP contribution >= 0.6 is 0 Å². The molecule has 4 rings (SSSR count). The molecule has 0 aliphatic carbocycles. The highest BCUT2D eigenvalue weighted by molar-refractivity contribution is 5.94.